The van der Waals surface area contributed by atoms with E-state index in [1.54, 1.807) is 18.2 Å². The highest BCUT2D eigenvalue weighted by molar-refractivity contribution is 9.10. The normalized spacial score (nSPS) is 17.1. The summed E-state index contributed by atoms with van der Waals surface area (Å²) in [5, 5.41) is 2.69. The van der Waals surface area contributed by atoms with Gasteiger partial charge in [-0.15, -0.1) is 0 Å². The van der Waals surface area contributed by atoms with Gasteiger partial charge in [0.05, 0.1) is 18.8 Å². The summed E-state index contributed by atoms with van der Waals surface area (Å²) in [4.78, 5) is 23.6. The molecule has 1 aliphatic rings. The number of ether oxygens (including phenoxy) is 3. The number of rotatable bonds is 6. The Kier molecular flexibility index (Phi) is 6.21. The monoisotopic (exact) mass is 371 g/mol. The Morgan fingerprint density at radius 2 is 2.27 bits per heavy atom. The number of amides is 1. The van der Waals surface area contributed by atoms with Gasteiger partial charge in [-0.25, -0.2) is 4.79 Å². The van der Waals surface area contributed by atoms with Crippen molar-refractivity contribution in [2.24, 2.45) is 0 Å². The molecule has 1 saturated heterocycles. The number of halogens is 1. The van der Waals surface area contributed by atoms with Crippen LogP contribution in [-0.2, 0) is 14.3 Å². The van der Waals surface area contributed by atoms with Crippen LogP contribution in [0.5, 0.6) is 5.75 Å². The fraction of sp³-hybridized carbons (Fsp3) is 0.467. The Bertz CT molecular complexity index is 543. The van der Waals surface area contributed by atoms with Crippen LogP contribution in [0.25, 0.3) is 0 Å². The zero-order valence-electron chi connectivity index (χ0n) is 12.3. The zero-order valence-corrected chi connectivity index (χ0v) is 13.9. The first-order valence-corrected chi connectivity index (χ1v) is 7.78. The molecule has 0 aliphatic carbocycles. The van der Waals surface area contributed by atoms with Crippen molar-refractivity contribution in [2.45, 2.75) is 18.9 Å². The van der Waals surface area contributed by atoms with Crippen LogP contribution in [0.15, 0.2) is 22.7 Å². The standard InChI is InChI=1S/C15H18BrNO5/c1-20-10-4-5-13(16)12(7-10)15(19)22-9-14(18)17-8-11-3-2-6-21-11/h4-5,7,11H,2-3,6,8-9H2,1H3,(H,17,18)/t11-/m0/s1. The summed E-state index contributed by atoms with van der Waals surface area (Å²) >= 11 is 3.27. The van der Waals surface area contributed by atoms with E-state index in [4.69, 9.17) is 14.2 Å². The van der Waals surface area contributed by atoms with E-state index in [0.29, 0.717) is 22.3 Å². The Hall–Kier alpha value is -1.60. The van der Waals surface area contributed by atoms with Crippen molar-refractivity contribution >= 4 is 27.8 Å². The highest BCUT2D eigenvalue weighted by atomic mass is 79.9. The van der Waals surface area contributed by atoms with Crippen LogP contribution < -0.4 is 10.1 Å². The van der Waals surface area contributed by atoms with Crippen LogP contribution in [-0.4, -0.2) is 44.8 Å². The van der Waals surface area contributed by atoms with E-state index in [0.717, 1.165) is 19.4 Å². The molecule has 120 valence electrons. The van der Waals surface area contributed by atoms with Crippen molar-refractivity contribution in [3.8, 4) is 5.75 Å². The van der Waals surface area contributed by atoms with Crippen LogP contribution in [0.1, 0.15) is 23.2 Å². The molecule has 0 spiro atoms. The fourth-order valence-electron chi connectivity index (χ4n) is 2.08. The molecular weight excluding hydrogens is 354 g/mol. The Balaban J connectivity index is 1.80. The highest BCUT2D eigenvalue weighted by Gasteiger charge is 2.18. The highest BCUT2D eigenvalue weighted by Crippen LogP contribution is 2.23. The maximum absolute atomic E-state index is 12.0. The maximum Gasteiger partial charge on any atom is 0.339 e. The van der Waals surface area contributed by atoms with Gasteiger partial charge in [0.15, 0.2) is 6.61 Å². The third-order valence-corrected chi connectivity index (χ3v) is 3.97. The molecule has 1 aromatic rings. The Labute approximate surface area is 137 Å². The van der Waals surface area contributed by atoms with Gasteiger partial charge in [-0.2, -0.15) is 0 Å². The lowest BCUT2D eigenvalue weighted by molar-refractivity contribution is -0.124. The van der Waals surface area contributed by atoms with E-state index in [2.05, 4.69) is 21.2 Å². The molecule has 1 N–H and O–H groups in total. The number of nitrogens with one attached hydrogen (secondary N) is 1. The first-order chi connectivity index (χ1) is 10.6. The summed E-state index contributed by atoms with van der Waals surface area (Å²) in [5.41, 5.74) is 0.311. The van der Waals surface area contributed by atoms with Gasteiger partial charge >= 0.3 is 5.97 Å². The van der Waals surface area contributed by atoms with Gasteiger partial charge < -0.3 is 19.5 Å². The number of carbonyl (C=O) groups is 2. The lowest BCUT2D eigenvalue weighted by Crippen LogP contribution is -2.34. The van der Waals surface area contributed by atoms with Gasteiger partial charge in [-0.3, -0.25) is 4.79 Å². The molecule has 22 heavy (non-hydrogen) atoms. The average Bonchev–Trinajstić information content (AvgIpc) is 3.04. The quantitative estimate of drug-likeness (QED) is 0.773. The number of benzene rings is 1. The third kappa shape index (κ3) is 4.71. The summed E-state index contributed by atoms with van der Waals surface area (Å²) in [6.45, 7) is 0.855. The van der Waals surface area contributed by atoms with E-state index in [1.165, 1.54) is 7.11 Å². The number of carbonyl (C=O) groups excluding carboxylic acids is 2. The van der Waals surface area contributed by atoms with Gasteiger partial charge in [0.2, 0.25) is 0 Å². The summed E-state index contributed by atoms with van der Waals surface area (Å²) in [7, 11) is 1.51. The van der Waals surface area contributed by atoms with Crippen LogP contribution in [0, 0.1) is 0 Å². The minimum absolute atomic E-state index is 0.0622. The van der Waals surface area contributed by atoms with E-state index in [9.17, 15) is 9.59 Å². The summed E-state index contributed by atoms with van der Waals surface area (Å²) in [5.74, 6) is -0.390. The number of hydrogen-bond donors (Lipinski definition) is 1. The molecule has 1 fully saturated rings. The number of methoxy groups -OCH3 is 1. The van der Waals surface area contributed by atoms with Gasteiger partial charge in [0.25, 0.3) is 5.91 Å². The second kappa shape index (κ2) is 8.14. The van der Waals surface area contributed by atoms with Crippen molar-refractivity contribution < 1.29 is 23.8 Å². The molecule has 0 radical (unpaired) electrons. The van der Waals surface area contributed by atoms with Gasteiger partial charge in [-0.1, -0.05) is 0 Å². The topological polar surface area (TPSA) is 73.9 Å². The molecule has 2 rings (SSSR count). The van der Waals surface area contributed by atoms with Crippen molar-refractivity contribution in [1.29, 1.82) is 0 Å². The van der Waals surface area contributed by atoms with Gasteiger partial charge in [-0.05, 0) is 47.0 Å². The van der Waals surface area contributed by atoms with Crippen LogP contribution in [0.2, 0.25) is 0 Å². The number of hydrogen-bond acceptors (Lipinski definition) is 5. The van der Waals surface area contributed by atoms with Crippen LogP contribution >= 0.6 is 15.9 Å². The fourth-order valence-corrected chi connectivity index (χ4v) is 2.49. The largest absolute Gasteiger partial charge is 0.497 e. The van der Waals surface area contributed by atoms with Crippen molar-refractivity contribution in [3.05, 3.63) is 28.2 Å². The first kappa shape index (κ1) is 16.8. The second-order valence-corrected chi connectivity index (χ2v) is 5.72. The lowest BCUT2D eigenvalue weighted by Gasteiger charge is -2.11. The second-order valence-electron chi connectivity index (χ2n) is 4.86. The first-order valence-electron chi connectivity index (χ1n) is 6.99. The summed E-state index contributed by atoms with van der Waals surface area (Å²) in [6, 6.07) is 4.96. The minimum atomic E-state index is -0.585. The van der Waals surface area contributed by atoms with Crippen LogP contribution in [0.3, 0.4) is 0 Å². The summed E-state index contributed by atoms with van der Waals surface area (Å²) in [6.07, 6.45) is 2.02. The van der Waals surface area contributed by atoms with E-state index < -0.39 is 5.97 Å². The maximum atomic E-state index is 12.0. The molecule has 1 aliphatic heterocycles. The molecule has 0 bridgehead atoms. The van der Waals surface area contributed by atoms with Crippen molar-refractivity contribution in [2.75, 3.05) is 26.9 Å². The van der Waals surface area contributed by atoms with Gasteiger partial charge in [0.1, 0.15) is 5.75 Å². The molecule has 0 aromatic heterocycles. The minimum Gasteiger partial charge on any atom is -0.497 e. The SMILES string of the molecule is COc1ccc(Br)c(C(=O)OCC(=O)NC[C@@H]2CCCO2)c1. The predicted molar refractivity (Wildman–Crippen MR) is 83.0 cm³/mol. The van der Waals surface area contributed by atoms with E-state index in [1.807, 2.05) is 0 Å². The van der Waals surface area contributed by atoms with Gasteiger partial charge in [0, 0.05) is 17.6 Å². The lowest BCUT2D eigenvalue weighted by atomic mass is 10.2. The molecule has 1 heterocycles. The molecular formula is C15H18BrNO5. The average molecular weight is 372 g/mol. The molecule has 0 saturated carbocycles. The van der Waals surface area contributed by atoms with Crippen molar-refractivity contribution in [1.82, 2.24) is 5.32 Å². The Morgan fingerprint density at radius 1 is 1.45 bits per heavy atom. The molecule has 6 nitrogen and oxygen atoms in total. The molecule has 0 unspecified atom stereocenters. The zero-order chi connectivity index (χ0) is 15.9. The smallest absolute Gasteiger partial charge is 0.339 e. The molecule has 7 heteroatoms. The summed E-state index contributed by atoms with van der Waals surface area (Å²) < 4.78 is 16.0. The predicted octanol–water partition coefficient (Wildman–Crippen LogP) is 1.91. The van der Waals surface area contributed by atoms with E-state index in [-0.39, 0.29) is 18.6 Å². The third-order valence-electron chi connectivity index (χ3n) is 3.28. The Morgan fingerprint density at radius 3 is 2.95 bits per heavy atom. The van der Waals surface area contributed by atoms with Crippen molar-refractivity contribution in [3.63, 3.8) is 0 Å². The number of esters is 1. The molecule has 1 aromatic carbocycles. The van der Waals surface area contributed by atoms with Crippen LogP contribution in [0.4, 0.5) is 0 Å². The van der Waals surface area contributed by atoms with E-state index >= 15 is 0 Å². The molecule has 1 atom stereocenters. The molecule has 1 amide bonds.